The molecular weight excluding hydrogens is 358 g/mol. The number of carbonyl (C=O) groups is 1. The van der Waals surface area contributed by atoms with E-state index in [2.05, 4.69) is 38.8 Å². The third-order valence-corrected chi connectivity index (χ3v) is 5.62. The summed E-state index contributed by atoms with van der Waals surface area (Å²) in [6.45, 7) is 5.90. The topological polar surface area (TPSA) is 20.3 Å². The Morgan fingerprint density at radius 3 is 2.78 bits per heavy atom. The Kier molecular flexibility index (Phi) is 4.49. The molecule has 0 saturated carbocycles. The third kappa shape index (κ3) is 2.97. The van der Waals surface area contributed by atoms with Gasteiger partial charge in [0.05, 0.1) is 0 Å². The van der Waals surface area contributed by atoms with E-state index >= 15 is 0 Å². The molecule has 4 heteroatoms. The molecule has 2 atom stereocenters. The van der Waals surface area contributed by atoms with Crippen LogP contribution in [0.15, 0.2) is 22.7 Å². The van der Waals surface area contributed by atoms with Gasteiger partial charge in [0.25, 0.3) is 5.91 Å². The summed E-state index contributed by atoms with van der Waals surface area (Å²) < 4.78 is 0.995. The molecule has 1 fully saturated rings. The van der Waals surface area contributed by atoms with Gasteiger partial charge in [0.2, 0.25) is 0 Å². The summed E-state index contributed by atoms with van der Waals surface area (Å²) in [5, 5.41) is 0. The molecule has 2 nitrogen and oxygen atoms in total. The van der Waals surface area contributed by atoms with E-state index in [4.69, 9.17) is 0 Å². The van der Waals surface area contributed by atoms with Crippen LogP contribution in [0.1, 0.15) is 29.3 Å². The van der Waals surface area contributed by atoms with Crippen molar-refractivity contribution in [3.8, 4) is 0 Å². The summed E-state index contributed by atoms with van der Waals surface area (Å²) in [4.78, 5) is 14.7. The molecule has 98 valence electrons. The van der Waals surface area contributed by atoms with Crippen molar-refractivity contribution in [1.82, 2.24) is 4.90 Å². The van der Waals surface area contributed by atoms with Gasteiger partial charge in [0, 0.05) is 28.0 Å². The van der Waals surface area contributed by atoms with Crippen molar-refractivity contribution in [1.29, 1.82) is 0 Å². The van der Waals surface area contributed by atoms with E-state index < -0.39 is 0 Å². The van der Waals surface area contributed by atoms with Gasteiger partial charge in [-0.3, -0.25) is 4.79 Å². The molecule has 1 aliphatic rings. The maximum atomic E-state index is 12.4. The molecule has 0 aliphatic carbocycles. The summed E-state index contributed by atoms with van der Waals surface area (Å²) >= 11 is 7.14. The maximum Gasteiger partial charge on any atom is 0.253 e. The standard InChI is InChI=1S/C14H17Br2NO/c1-9-3-4-11(7-12(9)15)14(18)17-6-5-10(2)13(16)8-17/h3-4,7,10,13H,5-6,8H2,1-2H3. The van der Waals surface area contributed by atoms with Gasteiger partial charge in [-0.05, 0) is 37.0 Å². The van der Waals surface area contributed by atoms with Crippen molar-refractivity contribution >= 4 is 37.8 Å². The number of carbonyl (C=O) groups excluding carboxylic acids is 1. The van der Waals surface area contributed by atoms with Crippen LogP contribution >= 0.6 is 31.9 Å². The molecule has 0 radical (unpaired) electrons. The normalized spacial score (nSPS) is 24.1. The van der Waals surface area contributed by atoms with Crippen LogP contribution in [0.25, 0.3) is 0 Å². The van der Waals surface area contributed by atoms with Crippen molar-refractivity contribution in [2.45, 2.75) is 25.1 Å². The molecule has 1 aromatic carbocycles. The van der Waals surface area contributed by atoms with Crippen LogP contribution in [0.4, 0.5) is 0 Å². The summed E-state index contributed by atoms with van der Waals surface area (Å²) in [6.07, 6.45) is 1.06. The van der Waals surface area contributed by atoms with E-state index in [1.165, 1.54) is 0 Å². The minimum Gasteiger partial charge on any atom is -0.338 e. The number of benzene rings is 1. The zero-order valence-electron chi connectivity index (χ0n) is 10.6. The third-order valence-electron chi connectivity index (χ3n) is 3.57. The molecule has 0 aromatic heterocycles. The Hall–Kier alpha value is -0.350. The Morgan fingerprint density at radius 1 is 1.44 bits per heavy atom. The van der Waals surface area contributed by atoms with Gasteiger partial charge in [-0.2, -0.15) is 0 Å². The monoisotopic (exact) mass is 373 g/mol. The fourth-order valence-electron chi connectivity index (χ4n) is 2.12. The van der Waals surface area contributed by atoms with Gasteiger partial charge in [-0.15, -0.1) is 0 Å². The first kappa shape index (κ1) is 14.1. The highest BCUT2D eigenvalue weighted by molar-refractivity contribution is 9.10. The van der Waals surface area contributed by atoms with Crippen molar-refractivity contribution < 1.29 is 4.79 Å². The number of hydrogen-bond acceptors (Lipinski definition) is 1. The molecule has 0 N–H and O–H groups in total. The van der Waals surface area contributed by atoms with E-state index in [0.717, 1.165) is 35.1 Å². The zero-order chi connectivity index (χ0) is 13.3. The van der Waals surface area contributed by atoms with Gasteiger partial charge in [0.1, 0.15) is 0 Å². The molecule has 1 saturated heterocycles. The van der Waals surface area contributed by atoms with Crippen LogP contribution in [0.2, 0.25) is 0 Å². The van der Waals surface area contributed by atoms with Crippen molar-refractivity contribution in [2.24, 2.45) is 5.92 Å². The second-order valence-electron chi connectivity index (χ2n) is 5.00. The molecule has 2 rings (SSSR count). The summed E-state index contributed by atoms with van der Waals surface area (Å²) in [5.74, 6) is 0.769. The second kappa shape index (κ2) is 5.74. The lowest BCUT2D eigenvalue weighted by Crippen LogP contribution is -2.43. The van der Waals surface area contributed by atoms with Gasteiger partial charge in [-0.1, -0.05) is 44.8 Å². The summed E-state index contributed by atoms with van der Waals surface area (Å²) in [6, 6.07) is 5.80. The van der Waals surface area contributed by atoms with Crippen LogP contribution < -0.4 is 0 Å². The average Bonchev–Trinajstić information content (AvgIpc) is 2.35. The van der Waals surface area contributed by atoms with Crippen LogP contribution in [0, 0.1) is 12.8 Å². The van der Waals surface area contributed by atoms with Gasteiger partial charge < -0.3 is 4.90 Å². The van der Waals surface area contributed by atoms with Gasteiger partial charge in [0.15, 0.2) is 0 Å². The fraction of sp³-hybridized carbons (Fsp3) is 0.500. The van der Waals surface area contributed by atoms with Crippen LogP contribution in [-0.2, 0) is 0 Å². The molecule has 1 aromatic rings. The number of rotatable bonds is 1. The molecule has 2 unspecified atom stereocenters. The summed E-state index contributed by atoms with van der Waals surface area (Å²) in [5.41, 5.74) is 1.92. The zero-order valence-corrected chi connectivity index (χ0v) is 13.8. The molecule has 18 heavy (non-hydrogen) atoms. The second-order valence-corrected chi connectivity index (χ2v) is 7.03. The molecular formula is C14H17Br2NO. The van der Waals surface area contributed by atoms with Crippen LogP contribution in [-0.4, -0.2) is 28.7 Å². The quantitative estimate of drug-likeness (QED) is 0.680. The number of piperidine rings is 1. The lowest BCUT2D eigenvalue weighted by atomic mass is 9.98. The first-order valence-corrected chi connectivity index (χ1v) is 7.89. The number of hydrogen-bond donors (Lipinski definition) is 0. The number of aryl methyl sites for hydroxylation is 1. The molecule has 1 heterocycles. The number of likely N-dealkylation sites (tertiary alicyclic amines) is 1. The first-order chi connectivity index (χ1) is 8.49. The Morgan fingerprint density at radius 2 is 2.17 bits per heavy atom. The maximum absolute atomic E-state index is 12.4. The Bertz CT molecular complexity index is 461. The lowest BCUT2D eigenvalue weighted by Gasteiger charge is -2.34. The molecule has 1 amide bonds. The highest BCUT2D eigenvalue weighted by Gasteiger charge is 2.27. The minimum absolute atomic E-state index is 0.132. The smallest absolute Gasteiger partial charge is 0.253 e. The number of amides is 1. The highest BCUT2D eigenvalue weighted by atomic mass is 79.9. The molecule has 1 aliphatic heterocycles. The molecule has 0 bridgehead atoms. The van der Waals surface area contributed by atoms with Crippen molar-refractivity contribution in [3.63, 3.8) is 0 Å². The van der Waals surface area contributed by atoms with Gasteiger partial charge in [-0.25, -0.2) is 0 Å². The van der Waals surface area contributed by atoms with E-state index in [0.29, 0.717) is 10.7 Å². The van der Waals surface area contributed by atoms with Crippen LogP contribution in [0.5, 0.6) is 0 Å². The minimum atomic E-state index is 0.132. The number of alkyl halides is 1. The predicted molar refractivity (Wildman–Crippen MR) is 81.3 cm³/mol. The lowest BCUT2D eigenvalue weighted by molar-refractivity contribution is 0.0706. The Labute approximate surface area is 125 Å². The summed E-state index contributed by atoms with van der Waals surface area (Å²) in [7, 11) is 0. The van der Waals surface area contributed by atoms with E-state index in [-0.39, 0.29) is 5.91 Å². The highest BCUT2D eigenvalue weighted by Crippen LogP contribution is 2.25. The van der Waals surface area contributed by atoms with Gasteiger partial charge >= 0.3 is 0 Å². The largest absolute Gasteiger partial charge is 0.338 e. The van der Waals surface area contributed by atoms with E-state index in [9.17, 15) is 4.79 Å². The average molecular weight is 375 g/mol. The van der Waals surface area contributed by atoms with Crippen LogP contribution in [0.3, 0.4) is 0 Å². The number of nitrogens with zero attached hydrogens (tertiary/aromatic N) is 1. The van der Waals surface area contributed by atoms with E-state index in [1.807, 2.05) is 30.0 Å². The van der Waals surface area contributed by atoms with Crippen molar-refractivity contribution in [2.75, 3.05) is 13.1 Å². The van der Waals surface area contributed by atoms with E-state index in [1.54, 1.807) is 0 Å². The molecule has 0 spiro atoms. The number of halogens is 2. The first-order valence-electron chi connectivity index (χ1n) is 6.18. The SMILES string of the molecule is Cc1ccc(C(=O)N2CCC(C)C(Br)C2)cc1Br. The van der Waals surface area contributed by atoms with Crippen molar-refractivity contribution in [3.05, 3.63) is 33.8 Å². The Balaban J connectivity index is 2.14. The predicted octanol–water partition coefficient (Wildman–Crippen LogP) is 4.00. The fourth-order valence-corrected chi connectivity index (χ4v) is 3.11.